The number of amides is 2. The number of nitrogens with zero attached hydrogens (tertiary/aromatic N) is 5. The number of aryl methyl sites for hydroxylation is 1. The SMILES string of the molecule is Cc1cc(N2CCC(C)CC2)nc2ccc(NC(=O)CCC(=O)N3CCN(c4ccccn4)CC3)cc12. The Balaban J connectivity index is 1.13. The summed E-state index contributed by atoms with van der Waals surface area (Å²) >= 11 is 0. The number of carbonyl (C=O) groups is 2. The van der Waals surface area contributed by atoms with Gasteiger partial charge in [0.1, 0.15) is 11.6 Å². The van der Waals surface area contributed by atoms with Crippen LogP contribution in [0.4, 0.5) is 17.3 Å². The molecule has 5 rings (SSSR count). The van der Waals surface area contributed by atoms with E-state index in [0.29, 0.717) is 13.1 Å². The predicted octanol–water partition coefficient (Wildman–Crippen LogP) is 4.24. The van der Waals surface area contributed by atoms with E-state index in [9.17, 15) is 9.59 Å². The summed E-state index contributed by atoms with van der Waals surface area (Å²) in [5.74, 6) is 2.63. The lowest BCUT2D eigenvalue weighted by Crippen LogP contribution is -2.49. The first-order valence-electron chi connectivity index (χ1n) is 13.4. The fourth-order valence-electron chi connectivity index (χ4n) is 5.18. The number of nitrogens with one attached hydrogen (secondary N) is 1. The molecule has 4 heterocycles. The van der Waals surface area contributed by atoms with Gasteiger partial charge in [-0.2, -0.15) is 0 Å². The normalized spacial score (nSPS) is 16.8. The highest BCUT2D eigenvalue weighted by molar-refractivity contribution is 5.96. The van der Waals surface area contributed by atoms with Gasteiger partial charge in [0.05, 0.1) is 5.52 Å². The monoisotopic (exact) mass is 500 g/mol. The molecule has 8 heteroatoms. The van der Waals surface area contributed by atoms with Gasteiger partial charge in [0, 0.05) is 69.4 Å². The zero-order chi connectivity index (χ0) is 25.8. The molecule has 2 aromatic heterocycles. The van der Waals surface area contributed by atoms with Crippen LogP contribution in [0.15, 0.2) is 48.7 Å². The minimum absolute atomic E-state index is 0.0222. The summed E-state index contributed by atoms with van der Waals surface area (Å²) in [6.45, 7) is 9.29. The van der Waals surface area contributed by atoms with Gasteiger partial charge in [0.15, 0.2) is 0 Å². The molecule has 0 spiro atoms. The minimum Gasteiger partial charge on any atom is -0.357 e. The molecule has 2 aliphatic heterocycles. The molecule has 0 radical (unpaired) electrons. The molecule has 0 atom stereocenters. The van der Waals surface area contributed by atoms with Crippen LogP contribution in [0.25, 0.3) is 10.9 Å². The summed E-state index contributed by atoms with van der Waals surface area (Å²) in [5, 5.41) is 4.00. The number of fused-ring (bicyclic) bond motifs is 1. The molecule has 1 aromatic carbocycles. The molecule has 2 saturated heterocycles. The van der Waals surface area contributed by atoms with Crippen LogP contribution in [0, 0.1) is 12.8 Å². The minimum atomic E-state index is -0.149. The summed E-state index contributed by atoms with van der Waals surface area (Å²) in [5.41, 5.74) is 2.82. The first-order valence-corrected chi connectivity index (χ1v) is 13.4. The molecule has 0 unspecified atom stereocenters. The van der Waals surface area contributed by atoms with E-state index in [-0.39, 0.29) is 24.7 Å². The van der Waals surface area contributed by atoms with Crippen molar-refractivity contribution in [3.8, 4) is 0 Å². The summed E-state index contributed by atoms with van der Waals surface area (Å²) in [7, 11) is 0. The average molecular weight is 501 g/mol. The molecule has 0 aliphatic carbocycles. The van der Waals surface area contributed by atoms with Crippen LogP contribution in [-0.2, 0) is 9.59 Å². The Hall–Kier alpha value is -3.68. The van der Waals surface area contributed by atoms with E-state index in [0.717, 1.165) is 65.9 Å². The van der Waals surface area contributed by atoms with Gasteiger partial charge in [0.2, 0.25) is 11.8 Å². The van der Waals surface area contributed by atoms with Crippen LogP contribution in [0.1, 0.15) is 38.2 Å². The second-order valence-corrected chi connectivity index (χ2v) is 10.3. The molecule has 2 fully saturated rings. The van der Waals surface area contributed by atoms with E-state index in [1.807, 2.05) is 41.3 Å². The van der Waals surface area contributed by atoms with Crippen LogP contribution >= 0.6 is 0 Å². The van der Waals surface area contributed by atoms with Gasteiger partial charge in [-0.25, -0.2) is 9.97 Å². The second kappa shape index (κ2) is 11.2. The molecule has 3 aromatic rings. The van der Waals surface area contributed by atoms with Crippen molar-refractivity contribution in [2.75, 3.05) is 54.4 Å². The molecular weight excluding hydrogens is 464 g/mol. The molecule has 37 heavy (non-hydrogen) atoms. The molecule has 194 valence electrons. The fraction of sp³-hybridized carbons (Fsp3) is 0.448. The number of hydrogen-bond donors (Lipinski definition) is 1. The van der Waals surface area contributed by atoms with Crippen molar-refractivity contribution in [2.45, 2.75) is 39.5 Å². The lowest BCUT2D eigenvalue weighted by molar-refractivity contribution is -0.133. The van der Waals surface area contributed by atoms with Crippen molar-refractivity contribution in [3.63, 3.8) is 0 Å². The van der Waals surface area contributed by atoms with Crippen molar-refractivity contribution in [1.29, 1.82) is 0 Å². The quantitative estimate of drug-likeness (QED) is 0.545. The second-order valence-electron chi connectivity index (χ2n) is 10.3. The Morgan fingerprint density at radius 2 is 1.68 bits per heavy atom. The Bertz CT molecular complexity index is 1250. The maximum atomic E-state index is 12.7. The Labute approximate surface area is 218 Å². The molecule has 0 bridgehead atoms. The summed E-state index contributed by atoms with van der Waals surface area (Å²) in [6.07, 6.45) is 4.57. The van der Waals surface area contributed by atoms with Crippen molar-refractivity contribution >= 4 is 40.0 Å². The maximum absolute atomic E-state index is 12.7. The summed E-state index contributed by atoms with van der Waals surface area (Å²) < 4.78 is 0. The largest absolute Gasteiger partial charge is 0.357 e. The lowest BCUT2D eigenvalue weighted by atomic mass is 9.99. The molecule has 1 N–H and O–H groups in total. The zero-order valence-electron chi connectivity index (χ0n) is 21.8. The van der Waals surface area contributed by atoms with Gasteiger partial charge in [-0.15, -0.1) is 0 Å². The standard InChI is InChI=1S/C29H36N6O2/c1-21-10-13-33(14-11-21)27-19-22(2)24-20-23(6-7-25(24)32-27)31-28(36)8-9-29(37)35-17-15-34(16-18-35)26-5-3-4-12-30-26/h3-7,12,19-21H,8-11,13-18H2,1-2H3,(H,31,36). The number of piperazine rings is 1. The number of aromatic nitrogens is 2. The van der Waals surface area contributed by atoms with E-state index in [1.54, 1.807) is 6.20 Å². The van der Waals surface area contributed by atoms with Crippen LogP contribution in [0.3, 0.4) is 0 Å². The van der Waals surface area contributed by atoms with E-state index in [4.69, 9.17) is 4.98 Å². The van der Waals surface area contributed by atoms with E-state index >= 15 is 0 Å². The first kappa shape index (κ1) is 25.0. The number of carbonyl (C=O) groups excluding carboxylic acids is 2. The molecule has 0 saturated carbocycles. The smallest absolute Gasteiger partial charge is 0.224 e. The van der Waals surface area contributed by atoms with Crippen molar-refractivity contribution in [2.24, 2.45) is 5.92 Å². The van der Waals surface area contributed by atoms with Crippen molar-refractivity contribution in [3.05, 3.63) is 54.2 Å². The van der Waals surface area contributed by atoms with E-state index in [1.165, 1.54) is 12.8 Å². The molecular formula is C29H36N6O2. The third-order valence-corrected chi connectivity index (χ3v) is 7.56. The predicted molar refractivity (Wildman–Crippen MR) is 148 cm³/mol. The number of benzene rings is 1. The van der Waals surface area contributed by atoms with Gasteiger partial charge >= 0.3 is 0 Å². The number of hydrogen-bond acceptors (Lipinski definition) is 6. The summed E-state index contributed by atoms with van der Waals surface area (Å²) in [6, 6.07) is 13.9. The zero-order valence-corrected chi connectivity index (χ0v) is 21.8. The van der Waals surface area contributed by atoms with Gasteiger partial charge in [0.25, 0.3) is 0 Å². The number of piperidine rings is 1. The molecule has 2 amide bonds. The number of rotatable bonds is 6. The molecule has 2 aliphatic rings. The lowest BCUT2D eigenvalue weighted by Gasteiger charge is -2.35. The summed E-state index contributed by atoms with van der Waals surface area (Å²) in [4.78, 5) is 41.0. The number of anilines is 3. The van der Waals surface area contributed by atoms with Gasteiger partial charge in [-0.3, -0.25) is 9.59 Å². The van der Waals surface area contributed by atoms with Crippen LogP contribution < -0.4 is 15.1 Å². The van der Waals surface area contributed by atoms with Crippen LogP contribution in [0.5, 0.6) is 0 Å². The Morgan fingerprint density at radius 1 is 0.919 bits per heavy atom. The fourth-order valence-corrected chi connectivity index (χ4v) is 5.18. The molecule has 8 nitrogen and oxygen atoms in total. The maximum Gasteiger partial charge on any atom is 0.224 e. The van der Waals surface area contributed by atoms with Crippen molar-refractivity contribution in [1.82, 2.24) is 14.9 Å². The highest BCUT2D eigenvalue weighted by atomic mass is 16.2. The third-order valence-electron chi connectivity index (χ3n) is 7.56. The van der Waals surface area contributed by atoms with Crippen LogP contribution in [0.2, 0.25) is 0 Å². The average Bonchev–Trinajstić information content (AvgIpc) is 2.93. The van der Waals surface area contributed by atoms with E-state index in [2.05, 4.69) is 40.0 Å². The van der Waals surface area contributed by atoms with Crippen molar-refractivity contribution < 1.29 is 9.59 Å². The highest BCUT2D eigenvalue weighted by Gasteiger charge is 2.22. The van der Waals surface area contributed by atoms with Crippen LogP contribution in [-0.4, -0.2) is 66.0 Å². The Morgan fingerprint density at radius 3 is 2.41 bits per heavy atom. The number of pyridine rings is 2. The first-order chi connectivity index (χ1) is 18.0. The topological polar surface area (TPSA) is 81.7 Å². The highest BCUT2D eigenvalue weighted by Crippen LogP contribution is 2.28. The van der Waals surface area contributed by atoms with Gasteiger partial charge in [-0.1, -0.05) is 13.0 Å². The van der Waals surface area contributed by atoms with Gasteiger partial charge < -0.3 is 20.0 Å². The van der Waals surface area contributed by atoms with E-state index < -0.39 is 0 Å². The Kier molecular flexibility index (Phi) is 7.53. The van der Waals surface area contributed by atoms with Gasteiger partial charge in [-0.05, 0) is 67.6 Å². The third kappa shape index (κ3) is 6.01.